The number of aromatic amines is 1. The van der Waals surface area contributed by atoms with Gasteiger partial charge in [0.15, 0.2) is 17.5 Å². The van der Waals surface area contributed by atoms with Crippen LogP contribution >= 0.6 is 11.6 Å². The minimum absolute atomic E-state index is 0.100. The second-order valence-electron chi connectivity index (χ2n) is 6.74. The molecule has 1 unspecified atom stereocenters. The van der Waals surface area contributed by atoms with Crippen LogP contribution in [0.2, 0.25) is 5.02 Å². The van der Waals surface area contributed by atoms with E-state index in [0.717, 1.165) is 18.0 Å². The van der Waals surface area contributed by atoms with Crippen LogP contribution in [0, 0.1) is 17.7 Å². The largest absolute Gasteiger partial charge is 0.481 e. The molecule has 1 aliphatic rings. The van der Waals surface area contributed by atoms with Crippen molar-refractivity contribution in [3.63, 3.8) is 0 Å². The van der Waals surface area contributed by atoms with Crippen molar-refractivity contribution in [1.82, 2.24) is 19.9 Å². The lowest BCUT2D eigenvalue weighted by atomic mass is 10.1. The Morgan fingerprint density at radius 1 is 1.37 bits per heavy atom. The smallest absolute Gasteiger partial charge is 0.306 e. The molecule has 4 rings (SSSR count). The highest BCUT2D eigenvalue weighted by molar-refractivity contribution is 6.31. The third-order valence-electron chi connectivity index (χ3n) is 4.93. The normalized spacial score (nSPS) is 19.5. The van der Waals surface area contributed by atoms with Crippen molar-refractivity contribution >= 4 is 34.4 Å². The molecule has 0 aliphatic heterocycles. The van der Waals surface area contributed by atoms with Gasteiger partial charge in [0.1, 0.15) is 5.65 Å². The van der Waals surface area contributed by atoms with Gasteiger partial charge in [0.05, 0.1) is 17.1 Å². The average molecular weight is 390 g/mol. The number of pyridine rings is 1. The van der Waals surface area contributed by atoms with Crippen molar-refractivity contribution < 1.29 is 14.3 Å². The van der Waals surface area contributed by atoms with Crippen molar-refractivity contribution in [2.24, 2.45) is 11.8 Å². The van der Waals surface area contributed by atoms with Gasteiger partial charge in [0, 0.05) is 29.9 Å². The summed E-state index contributed by atoms with van der Waals surface area (Å²) in [6, 6.07) is 1.75. The monoisotopic (exact) mass is 389 g/mol. The van der Waals surface area contributed by atoms with Crippen LogP contribution in [0.3, 0.4) is 0 Å². The van der Waals surface area contributed by atoms with Crippen molar-refractivity contribution in [2.75, 3.05) is 11.9 Å². The SMILES string of the molecule is O=C(O)[C@@H]1CCC(CNc2nc(-c3c[nH]c4ncc(Cl)cc34)ncc2F)C1. The molecule has 0 radical (unpaired) electrons. The molecule has 0 spiro atoms. The van der Waals surface area contributed by atoms with E-state index in [9.17, 15) is 9.18 Å². The molecular weight excluding hydrogens is 373 g/mol. The van der Waals surface area contributed by atoms with Gasteiger partial charge in [-0.15, -0.1) is 0 Å². The van der Waals surface area contributed by atoms with E-state index >= 15 is 0 Å². The number of hydrogen-bond donors (Lipinski definition) is 3. The van der Waals surface area contributed by atoms with E-state index in [2.05, 4.69) is 25.3 Å². The van der Waals surface area contributed by atoms with Gasteiger partial charge in [-0.2, -0.15) is 0 Å². The molecule has 3 aromatic rings. The highest BCUT2D eigenvalue weighted by atomic mass is 35.5. The van der Waals surface area contributed by atoms with Crippen molar-refractivity contribution in [1.29, 1.82) is 0 Å². The molecule has 9 heteroatoms. The van der Waals surface area contributed by atoms with E-state index in [1.165, 1.54) is 6.20 Å². The lowest BCUT2D eigenvalue weighted by Gasteiger charge is -2.12. The Kier molecular flexibility index (Phi) is 4.65. The number of carbonyl (C=O) groups is 1. The number of aliphatic carboxylic acids is 1. The molecule has 27 heavy (non-hydrogen) atoms. The number of rotatable bonds is 5. The lowest BCUT2D eigenvalue weighted by Crippen LogP contribution is -2.16. The first-order valence-corrected chi connectivity index (χ1v) is 9.01. The maximum Gasteiger partial charge on any atom is 0.306 e. The predicted molar refractivity (Wildman–Crippen MR) is 99.0 cm³/mol. The zero-order valence-electron chi connectivity index (χ0n) is 14.2. The minimum atomic E-state index is -0.764. The molecule has 0 bridgehead atoms. The zero-order valence-corrected chi connectivity index (χ0v) is 15.0. The van der Waals surface area contributed by atoms with Crippen LogP contribution in [0.25, 0.3) is 22.4 Å². The number of carboxylic acids is 1. The summed E-state index contributed by atoms with van der Waals surface area (Å²) in [5.74, 6) is -1.000. The first-order chi connectivity index (χ1) is 13.0. The third-order valence-corrected chi connectivity index (χ3v) is 5.14. The Labute approximate surface area is 159 Å². The van der Waals surface area contributed by atoms with Crippen LogP contribution in [0.4, 0.5) is 10.2 Å². The number of nitrogens with zero attached hydrogens (tertiary/aromatic N) is 3. The van der Waals surface area contributed by atoms with Crippen LogP contribution in [-0.4, -0.2) is 37.6 Å². The number of halogens is 2. The molecule has 0 amide bonds. The standard InChI is InChI=1S/C18H17ClFN5O2/c19-11-4-12-13(7-23-15(12)22-6-11)16-24-8-14(20)17(25-16)21-5-9-1-2-10(3-9)18(26)27/h4,6-10H,1-3,5H2,(H,22,23)(H,26,27)(H,21,24,25)/t9?,10-/m1/s1. The molecule has 0 saturated heterocycles. The van der Waals surface area contributed by atoms with Gasteiger partial charge in [0.2, 0.25) is 0 Å². The topological polar surface area (TPSA) is 104 Å². The van der Waals surface area contributed by atoms with Gasteiger partial charge in [-0.3, -0.25) is 4.79 Å². The summed E-state index contributed by atoms with van der Waals surface area (Å²) in [6.45, 7) is 0.471. The van der Waals surface area contributed by atoms with E-state index < -0.39 is 11.8 Å². The Bertz CT molecular complexity index is 1010. The minimum Gasteiger partial charge on any atom is -0.481 e. The molecule has 3 N–H and O–H groups in total. The summed E-state index contributed by atoms with van der Waals surface area (Å²) in [5, 5.41) is 13.3. The number of fused-ring (bicyclic) bond motifs is 1. The Morgan fingerprint density at radius 2 is 2.22 bits per heavy atom. The number of carboxylic acid groups (broad SMARTS) is 1. The number of nitrogens with one attached hydrogen (secondary N) is 2. The van der Waals surface area contributed by atoms with Crippen LogP contribution in [0.1, 0.15) is 19.3 Å². The maximum absolute atomic E-state index is 14.1. The van der Waals surface area contributed by atoms with E-state index in [1.807, 2.05) is 0 Å². The van der Waals surface area contributed by atoms with E-state index in [-0.39, 0.29) is 17.7 Å². The predicted octanol–water partition coefficient (Wildman–Crippen LogP) is 3.73. The highest BCUT2D eigenvalue weighted by Crippen LogP contribution is 2.32. The average Bonchev–Trinajstić information content (AvgIpc) is 3.28. The fraction of sp³-hybridized carbons (Fsp3) is 0.333. The molecule has 2 atom stereocenters. The first kappa shape index (κ1) is 17.7. The highest BCUT2D eigenvalue weighted by Gasteiger charge is 2.29. The molecule has 0 aromatic carbocycles. The fourth-order valence-corrected chi connectivity index (χ4v) is 3.67. The molecule has 1 aliphatic carbocycles. The lowest BCUT2D eigenvalue weighted by molar-refractivity contribution is -0.141. The van der Waals surface area contributed by atoms with E-state index in [4.69, 9.17) is 16.7 Å². The summed E-state index contributed by atoms with van der Waals surface area (Å²) in [4.78, 5) is 26.7. The van der Waals surface area contributed by atoms with Crippen LogP contribution in [-0.2, 0) is 4.79 Å². The fourth-order valence-electron chi connectivity index (χ4n) is 3.51. The van der Waals surface area contributed by atoms with Gasteiger partial charge < -0.3 is 15.4 Å². The summed E-state index contributed by atoms with van der Waals surface area (Å²) >= 11 is 6.02. The number of aromatic nitrogens is 4. The summed E-state index contributed by atoms with van der Waals surface area (Å²) in [7, 11) is 0. The molecular formula is C18H17ClFN5O2. The van der Waals surface area contributed by atoms with Crippen molar-refractivity contribution in [2.45, 2.75) is 19.3 Å². The van der Waals surface area contributed by atoms with Crippen molar-refractivity contribution in [3.05, 3.63) is 35.5 Å². The van der Waals surface area contributed by atoms with Gasteiger partial charge in [0.25, 0.3) is 0 Å². The number of anilines is 1. The Hall–Kier alpha value is -2.74. The van der Waals surface area contributed by atoms with Gasteiger partial charge in [-0.25, -0.2) is 19.3 Å². The summed E-state index contributed by atoms with van der Waals surface area (Å²) in [5.41, 5.74) is 1.32. The second-order valence-corrected chi connectivity index (χ2v) is 7.17. The van der Waals surface area contributed by atoms with E-state index in [1.54, 1.807) is 12.3 Å². The third kappa shape index (κ3) is 3.57. The first-order valence-electron chi connectivity index (χ1n) is 8.63. The van der Waals surface area contributed by atoms with Crippen LogP contribution < -0.4 is 5.32 Å². The van der Waals surface area contributed by atoms with Gasteiger partial charge in [-0.05, 0) is 31.2 Å². The van der Waals surface area contributed by atoms with Crippen LogP contribution in [0.5, 0.6) is 0 Å². The molecule has 3 heterocycles. The zero-order chi connectivity index (χ0) is 19.0. The summed E-state index contributed by atoms with van der Waals surface area (Å²) < 4.78 is 14.1. The number of H-pyrrole nitrogens is 1. The second kappa shape index (κ2) is 7.11. The van der Waals surface area contributed by atoms with Crippen molar-refractivity contribution in [3.8, 4) is 11.4 Å². The quantitative estimate of drug-likeness (QED) is 0.614. The van der Waals surface area contributed by atoms with Gasteiger partial charge in [-0.1, -0.05) is 11.6 Å². The molecule has 7 nitrogen and oxygen atoms in total. The van der Waals surface area contributed by atoms with Crippen LogP contribution in [0.15, 0.2) is 24.7 Å². The molecule has 3 aromatic heterocycles. The number of hydrogen-bond acceptors (Lipinski definition) is 5. The van der Waals surface area contributed by atoms with Gasteiger partial charge >= 0.3 is 5.97 Å². The molecule has 140 valence electrons. The molecule has 1 fully saturated rings. The molecule has 1 saturated carbocycles. The van der Waals surface area contributed by atoms with E-state index in [0.29, 0.717) is 41.4 Å². The Balaban J connectivity index is 1.55. The summed E-state index contributed by atoms with van der Waals surface area (Å²) in [6.07, 6.45) is 6.41. The Morgan fingerprint density at radius 3 is 3.00 bits per heavy atom. The maximum atomic E-state index is 14.1.